The third-order valence-electron chi connectivity index (χ3n) is 2.99. The van der Waals surface area contributed by atoms with Crippen LogP contribution in [0, 0.1) is 5.92 Å². The summed E-state index contributed by atoms with van der Waals surface area (Å²) in [7, 11) is -3.29. The topological polar surface area (TPSA) is 108 Å². The van der Waals surface area contributed by atoms with E-state index in [0.29, 0.717) is 6.29 Å². The predicted molar refractivity (Wildman–Crippen MR) is 81.5 cm³/mol. The summed E-state index contributed by atoms with van der Waals surface area (Å²) in [6, 6.07) is 0. The van der Waals surface area contributed by atoms with E-state index >= 15 is 0 Å². The molecule has 2 atom stereocenters. The van der Waals surface area contributed by atoms with Gasteiger partial charge in [0.25, 0.3) is 0 Å². The molecule has 3 N–H and O–H groups in total. The first-order valence-electron chi connectivity index (χ1n) is 6.93. The van der Waals surface area contributed by atoms with Gasteiger partial charge in [-0.15, -0.1) is 0 Å². The first kappa shape index (κ1) is 20.5. The van der Waals surface area contributed by atoms with Crippen LogP contribution in [0.3, 0.4) is 0 Å². The molecule has 8 heteroatoms. The first-order valence-corrected chi connectivity index (χ1v) is 8.82. The number of nitrogens with two attached hydrogens (primary N) is 1. The van der Waals surface area contributed by atoms with Crippen LogP contribution in [0.4, 0.5) is 0 Å². The number of carbonyl (C=O) groups excluding carboxylic acids is 1. The van der Waals surface area contributed by atoms with Crippen molar-refractivity contribution in [2.45, 2.75) is 45.4 Å². The van der Waals surface area contributed by atoms with Crippen molar-refractivity contribution in [2.24, 2.45) is 11.7 Å². The highest BCUT2D eigenvalue weighted by molar-refractivity contribution is 7.88. The van der Waals surface area contributed by atoms with Crippen molar-refractivity contribution >= 4 is 16.3 Å². The van der Waals surface area contributed by atoms with Gasteiger partial charge >= 0.3 is 0 Å². The normalized spacial score (nSPS) is 17.0. The molecule has 0 aromatic carbocycles. The monoisotopic (exact) mass is 324 g/mol. The second kappa shape index (κ2) is 8.79. The Morgan fingerprint density at radius 1 is 1.29 bits per heavy atom. The maximum absolute atomic E-state index is 11.1. The zero-order valence-corrected chi connectivity index (χ0v) is 14.3. The van der Waals surface area contributed by atoms with Crippen LogP contribution in [0.25, 0.3) is 0 Å². The molecule has 7 nitrogen and oxygen atoms in total. The predicted octanol–water partition coefficient (Wildman–Crippen LogP) is -0.102. The highest BCUT2D eigenvalue weighted by atomic mass is 32.2. The average Bonchev–Trinajstić information content (AvgIpc) is 2.33. The molecule has 0 radical (unpaired) electrons. The summed E-state index contributed by atoms with van der Waals surface area (Å²) in [5.74, 6) is -0.0615. The Labute approximate surface area is 127 Å². The molecule has 0 bridgehead atoms. The number of hydrogen-bond donors (Lipinski definition) is 2. The molecule has 0 aromatic heterocycles. The molecule has 0 aliphatic carbocycles. The molecule has 0 saturated carbocycles. The second-order valence-electron chi connectivity index (χ2n) is 5.83. The fraction of sp³-hybridized carbons (Fsp3) is 0.923. The maximum atomic E-state index is 11.1. The van der Waals surface area contributed by atoms with Crippen molar-refractivity contribution in [3.05, 3.63) is 0 Å². The lowest BCUT2D eigenvalue weighted by Crippen LogP contribution is -2.51. The molecule has 0 saturated heterocycles. The van der Waals surface area contributed by atoms with Crippen molar-refractivity contribution in [3.63, 3.8) is 0 Å². The van der Waals surface area contributed by atoms with Gasteiger partial charge in [0.2, 0.25) is 10.0 Å². The summed E-state index contributed by atoms with van der Waals surface area (Å²) in [6.07, 6.45) is 1.25. The van der Waals surface area contributed by atoms with Crippen molar-refractivity contribution in [3.8, 4) is 0 Å². The average molecular weight is 324 g/mol. The van der Waals surface area contributed by atoms with E-state index in [9.17, 15) is 13.2 Å². The van der Waals surface area contributed by atoms with Gasteiger partial charge in [-0.05, 0) is 19.8 Å². The number of aldehydes is 1. The van der Waals surface area contributed by atoms with Gasteiger partial charge in [0.05, 0.1) is 37.2 Å². The molecule has 0 rings (SSSR count). The highest BCUT2D eigenvalue weighted by Crippen LogP contribution is 2.12. The third kappa shape index (κ3) is 9.15. The minimum absolute atomic E-state index is 0.0605. The lowest BCUT2D eigenvalue weighted by atomic mass is 9.90. The Balaban J connectivity index is 4.45. The molecule has 0 aromatic rings. The number of hydrogen-bond acceptors (Lipinski definition) is 6. The molecule has 0 unspecified atom stereocenters. The standard InChI is InChI=1S/C13H28N2O5S/c1-10(2)13(14,8-16)9-19-7-12(20-11(3)4)6-15-21(5,17)18/h8,10-12,15H,6-7,9,14H2,1-5H3/t12-,13-/m0/s1. The SMILES string of the molecule is CC(C)O[C@@H](CNS(C)(=O)=O)COC[C@@](N)(C=O)C(C)C. The zero-order chi connectivity index (χ0) is 16.7. The number of rotatable bonds is 11. The Morgan fingerprint density at radius 2 is 1.86 bits per heavy atom. The van der Waals surface area contributed by atoms with E-state index in [0.717, 1.165) is 6.26 Å². The van der Waals surface area contributed by atoms with Gasteiger partial charge in [-0.1, -0.05) is 13.8 Å². The maximum Gasteiger partial charge on any atom is 0.208 e. The van der Waals surface area contributed by atoms with Gasteiger partial charge in [0.15, 0.2) is 0 Å². The van der Waals surface area contributed by atoms with Crippen LogP contribution in [0.1, 0.15) is 27.7 Å². The van der Waals surface area contributed by atoms with Gasteiger partial charge in [0.1, 0.15) is 6.29 Å². The van der Waals surface area contributed by atoms with Crippen LogP contribution >= 0.6 is 0 Å². The Kier molecular flexibility index (Phi) is 8.57. The summed E-state index contributed by atoms with van der Waals surface area (Å²) >= 11 is 0. The number of nitrogens with one attached hydrogen (secondary N) is 1. The Morgan fingerprint density at radius 3 is 2.24 bits per heavy atom. The lowest BCUT2D eigenvalue weighted by Gasteiger charge is -2.28. The largest absolute Gasteiger partial charge is 0.376 e. The quantitative estimate of drug-likeness (QED) is 0.514. The molecule has 0 aliphatic rings. The van der Waals surface area contributed by atoms with E-state index in [1.54, 1.807) is 0 Å². The summed E-state index contributed by atoms with van der Waals surface area (Å²) in [5, 5.41) is 0. The molecule has 0 amide bonds. The van der Waals surface area contributed by atoms with E-state index in [1.807, 2.05) is 27.7 Å². The van der Waals surface area contributed by atoms with E-state index in [1.165, 1.54) is 0 Å². The van der Waals surface area contributed by atoms with Crippen LogP contribution in [-0.2, 0) is 24.3 Å². The van der Waals surface area contributed by atoms with Gasteiger partial charge in [-0.25, -0.2) is 13.1 Å². The summed E-state index contributed by atoms with van der Waals surface area (Å²) in [4.78, 5) is 11.1. The molecule has 126 valence electrons. The van der Waals surface area contributed by atoms with E-state index in [2.05, 4.69) is 4.72 Å². The molecule has 0 spiro atoms. The van der Waals surface area contributed by atoms with Gasteiger partial charge in [0, 0.05) is 6.54 Å². The molecule has 21 heavy (non-hydrogen) atoms. The van der Waals surface area contributed by atoms with E-state index < -0.39 is 21.7 Å². The lowest BCUT2D eigenvalue weighted by molar-refractivity contribution is -0.117. The molecule has 0 aliphatic heterocycles. The van der Waals surface area contributed by atoms with Gasteiger partial charge < -0.3 is 20.0 Å². The minimum atomic E-state index is -3.29. The second-order valence-corrected chi connectivity index (χ2v) is 7.66. The van der Waals surface area contributed by atoms with Gasteiger partial charge in [-0.3, -0.25) is 0 Å². The highest BCUT2D eigenvalue weighted by Gasteiger charge is 2.29. The molecular formula is C13H28N2O5S. The fourth-order valence-corrected chi connectivity index (χ4v) is 1.97. The smallest absolute Gasteiger partial charge is 0.208 e. The number of carbonyl (C=O) groups is 1. The Hall–Kier alpha value is -0.540. The molecule has 0 fully saturated rings. The first-order chi connectivity index (χ1) is 9.50. The fourth-order valence-electron chi connectivity index (χ4n) is 1.48. The van der Waals surface area contributed by atoms with Crippen molar-refractivity contribution in [1.29, 1.82) is 0 Å². The summed E-state index contributed by atoms with van der Waals surface area (Å²) in [6.45, 7) is 7.69. The number of sulfonamides is 1. The van der Waals surface area contributed by atoms with Crippen LogP contribution in [0.15, 0.2) is 0 Å². The van der Waals surface area contributed by atoms with Crippen molar-refractivity contribution < 1.29 is 22.7 Å². The van der Waals surface area contributed by atoms with Crippen LogP contribution in [0.2, 0.25) is 0 Å². The van der Waals surface area contributed by atoms with Crippen LogP contribution < -0.4 is 10.5 Å². The van der Waals surface area contributed by atoms with E-state index in [-0.39, 0.29) is 31.8 Å². The molecule has 0 heterocycles. The van der Waals surface area contributed by atoms with Crippen LogP contribution in [-0.4, -0.2) is 58.5 Å². The third-order valence-corrected chi connectivity index (χ3v) is 3.68. The van der Waals surface area contributed by atoms with E-state index in [4.69, 9.17) is 15.2 Å². The summed E-state index contributed by atoms with van der Waals surface area (Å²) < 4.78 is 35.6. The van der Waals surface area contributed by atoms with Crippen molar-refractivity contribution in [2.75, 3.05) is 26.0 Å². The van der Waals surface area contributed by atoms with Gasteiger partial charge in [-0.2, -0.15) is 0 Å². The Bertz CT molecular complexity index is 411. The van der Waals surface area contributed by atoms with Crippen LogP contribution in [0.5, 0.6) is 0 Å². The summed E-state index contributed by atoms with van der Waals surface area (Å²) in [5.41, 5.74) is 4.88. The minimum Gasteiger partial charge on any atom is -0.376 e. The number of ether oxygens (including phenoxy) is 2. The zero-order valence-electron chi connectivity index (χ0n) is 13.5. The van der Waals surface area contributed by atoms with Crippen molar-refractivity contribution in [1.82, 2.24) is 4.72 Å². The molecular weight excluding hydrogens is 296 g/mol.